The molecule has 2 atom stereocenters. The smallest absolute Gasteiger partial charge is 0.302 e. The molecule has 0 spiro atoms. The number of esters is 1. The van der Waals surface area contributed by atoms with Crippen LogP contribution in [0.2, 0.25) is 0 Å². The molecular weight excluding hydrogens is 216 g/mol. The maximum absolute atomic E-state index is 9.87. The molecule has 0 aliphatic heterocycles. The van der Waals surface area contributed by atoms with Gasteiger partial charge in [0.1, 0.15) is 6.61 Å². The Morgan fingerprint density at radius 1 is 1.31 bits per heavy atom. The molecule has 6 nitrogen and oxygen atoms in total. The number of carbonyl (C=O) groups excluding carboxylic acids is 1. The third-order valence-electron chi connectivity index (χ3n) is 1.28. The standard InChI is InChI=1S/C6H14O3.C4H8O3/c1-5(8)4-9-6(2)3-7;1-4(6)7-3-2-5/h5-8H,3-4H2,1-2H3;5H,2-3H2,1H3. The summed E-state index contributed by atoms with van der Waals surface area (Å²) < 4.78 is 9.25. The molecule has 0 aliphatic carbocycles. The lowest BCUT2D eigenvalue weighted by Crippen LogP contribution is -2.19. The van der Waals surface area contributed by atoms with Crippen molar-refractivity contribution < 1.29 is 29.6 Å². The van der Waals surface area contributed by atoms with E-state index in [1.807, 2.05) is 0 Å². The number of hydrogen-bond acceptors (Lipinski definition) is 6. The summed E-state index contributed by atoms with van der Waals surface area (Å²) in [6, 6.07) is 0. The molecule has 0 aromatic heterocycles. The molecule has 0 aromatic carbocycles. The zero-order valence-electron chi connectivity index (χ0n) is 10.0. The van der Waals surface area contributed by atoms with Gasteiger partial charge in [-0.25, -0.2) is 0 Å². The molecule has 0 radical (unpaired) electrons. The molecule has 0 amide bonds. The highest BCUT2D eigenvalue weighted by Crippen LogP contribution is 1.90. The highest BCUT2D eigenvalue weighted by Gasteiger charge is 2.00. The molecular formula is C10H22O6. The molecule has 0 heterocycles. The summed E-state index contributed by atoms with van der Waals surface area (Å²) in [5.41, 5.74) is 0. The van der Waals surface area contributed by atoms with Gasteiger partial charge in [-0.1, -0.05) is 0 Å². The van der Waals surface area contributed by atoms with Crippen LogP contribution in [0.4, 0.5) is 0 Å². The Morgan fingerprint density at radius 3 is 2.12 bits per heavy atom. The Bertz CT molecular complexity index is 159. The fraction of sp³-hybridized carbons (Fsp3) is 0.900. The van der Waals surface area contributed by atoms with Gasteiger partial charge in [0.05, 0.1) is 32.0 Å². The van der Waals surface area contributed by atoms with Gasteiger partial charge in [-0.05, 0) is 13.8 Å². The first-order chi connectivity index (χ1) is 7.43. The summed E-state index contributed by atoms with van der Waals surface area (Å²) >= 11 is 0. The van der Waals surface area contributed by atoms with E-state index in [1.165, 1.54) is 6.92 Å². The summed E-state index contributed by atoms with van der Waals surface area (Å²) in [4.78, 5) is 9.87. The zero-order valence-corrected chi connectivity index (χ0v) is 10.0. The average Bonchev–Trinajstić information content (AvgIpc) is 2.23. The third kappa shape index (κ3) is 19.0. The fourth-order valence-electron chi connectivity index (χ4n) is 0.546. The third-order valence-corrected chi connectivity index (χ3v) is 1.28. The van der Waals surface area contributed by atoms with E-state index in [9.17, 15) is 4.79 Å². The van der Waals surface area contributed by atoms with Gasteiger partial charge in [0, 0.05) is 6.92 Å². The molecule has 0 saturated heterocycles. The number of ether oxygens (including phenoxy) is 2. The van der Waals surface area contributed by atoms with Crippen LogP contribution in [-0.2, 0) is 14.3 Å². The quantitative estimate of drug-likeness (QED) is 0.530. The molecule has 2 unspecified atom stereocenters. The van der Waals surface area contributed by atoms with Crippen LogP contribution in [0.1, 0.15) is 20.8 Å². The van der Waals surface area contributed by atoms with Gasteiger partial charge in [0.15, 0.2) is 0 Å². The summed E-state index contributed by atoms with van der Waals surface area (Å²) in [5, 5.41) is 25.2. The van der Waals surface area contributed by atoms with E-state index >= 15 is 0 Å². The molecule has 0 rings (SSSR count). The first-order valence-electron chi connectivity index (χ1n) is 5.08. The minimum absolute atomic E-state index is 0.00667. The van der Waals surface area contributed by atoms with Crippen molar-refractivity contribution >= 4 is 5.97 Å². The van der Waals surface area contributed by atoms with E-state index in [0.717, 1.165) is 0 Å². The van der Waals surface area contributed by atoms with E-state index < -0.39 is 6.10 Å². The van der Waals surface area contributed by atoms with Crippen LogP contribution in [0.25, 0.3) is 0 Å². The summed E-state index contributed by atoms with van der Waals surface area (Å²) in [6.45, 7) is 5.01. The predicted molar refractivity (Wildman–Crippen MR) is 57.9 cm³/mol. The molecule has 98 valence electrons. The highest BCUT2D eigenvalue weighted by atomic mass is 16.5. The average molecular weight is 238 g/mol. The second-order valence-electron chi connectivity index (χ2n) is 3.24. The Hall–Kier alpha value is -0.690. The van der Waals surface area contributed by atoms with E-state index in [1.54, 1.807) is 13.8 Å². The number of hydrogen-bond donors (Lipinski definition) is 3. The van der Waals surface area contributed by atoms with Crippen molar-refractivity contribution in [3.8, 4) is 0 Å². The van der Waals surface area contributed by atoms with Crippen molar-refractivity contribution in [2.45, 2.75) is 33.0 Å². The number of carbonyl (C=O) groups is 1. The van der Waals surface area contributed by atoms with Crippen LogP contribution < -0.4 is 0 Å². The van der Waals surface area contributed by atoms with Crippen LogP contribution >= 0.6 is 0 Å². The Kier molecular flexibility index (Phi) is 13.7. The van der Waals surface area contributed by atoms with Crippen LogP contribution in [0, 0.1) is 0 Å². The predicted octanol–water partition coefficient (Wildman–Crippen LogP) is -0.694. The Labute approximate surface area is 95.8 Å². The first kappa shape index (κ1) is 17.7. The summed E-state index contributed by atoms with van der Waals surface area (Å²) in [5.74, 6) is -0.353. The number of aliphatic hydroxyl groups excluding tert-OH is 3. The van der Waals surface area contributed by atoms with Crippen LogP contribution in [0.15, 0.2) is 0 Å². The molecule has 16 heavy (non-hydrogen) atoms. The van der Waals surface area contributed by atoms with E-state index in [2.05, 4.69) is 4.74 Å². The van der Waals surface area contributed by atoms with Gasteiger partial charge in [-0.3, -0.25) is 4.79 Å². The normalized spacial score (nSPS) is 13.4. The monoisotopic (exact) mass is 238 g/mol. The van der Waals surface area contributed by atoms with Crippen LogP contribution in [-0.4, -0.2) is 59.9 Å². The molecule has 0 aliphatic rings. The van der Waals surface area contributed by atoms with Crippen LogP contribution in [0.3, 0.4) is 0 Å². The second-order valence-corrected chi connectivity index (χ2v) is 3.24. The maximum atomic E-state index is 9.87. The summed E-state index contributed by atoms with van der Waals surface area (Å²) in [6.07, 6.45) is -0.612. The van der Waals surface area contributed by atoms with Crippen molar-refractivity contribution in [3.63, 3.8) is 0 Å². The largest absolute Gasteiger partial charge is 0.463 e. The summed E-state index contributed by atoms with van der Waals surface area (Å²) in [7, 11) is 0. The van der Waals surface area contributed by atoms with E-state index in [4.69, 9.17) is 20.1 Å². The molecule has 3 N–H and O–H groups in total. The van der Waals surface area contributed by atoms with Gasteiger partial charge in [-0.15, -0.1) is 0 Å². The van der Waals surface area contributed by atoms with Gasteiger partial charge < -0.3 is 24.8 Å². The van der Waals surface area contributed by atoms with E-state index in [0.29, 0.717) is 6.61 Å². The van der Waals surface area contributed by atoms with E-state index in [-0.39, 0.29) is 31.9 Å². The number of aliphatic hydroxyl groups is 3. The van der Waals surface area contributed by atoms with Gasteiger partial charge in [0.25, 0.3) is 0 Å². The van der Waals surface area contributed by atoms with Crippen molar-refractivity contribution in [2.24, 2.45) is 0 Å². The molecule has 0 saturated carbocycles. The van der Waals surface area contributed by atoms with Gasteiger partial charge >= 0.3 is 5.97 Å². The SMILES string of the molecule is CC(=O)OCCO.CC(O)COC(C)CO. The topological polar surface area (TPSA) is 96.2 Å². The fourth-order valence-corrected chi connectivity index (χ4v) is 0.546. The maximum Gasteiger partial charge on any atom is 0.302 e. The molecule has 6 heteroatoms. The van der Waals surface area contributed by atoms with Crippen molar-refractivity contribution in [1.29, 1.82) is 0 Å². The highest BCUT2D eigenvalue weighted by molar-refractivity contribution is 5.65. The second kappa shape index (κ2) is 12.4. The first-order valence-corrected chi connectivity index (χ1v) is 5.08. The Balaban J connectivity index is 0. The number of rotatable bonds is 6. The van der Waals surface area contributed by atoms with Crippen LogP contribution in [0.5, 0.6) is 0 Å². The van der Waals surface area contributed by atoms with Crippen molar-refractivity contribution in [2.75, 3.05) is 26.4 Å². The minimum Gasteiger partial charge on any atom is -0.463 e. The molecule has 0 fully saturated rings. The van der Waals surface area contributed by atoms with Gasteiger partial charge in [0.2, 0.25) is 0 Å². The van der Waals surface area contributed by atoms with Crippen molar-refractivity contribution in [1.82, 2.24) is 0 Å². The Morgan fingerprint density at radius 2 is 1.88 bits per heavy atom. The van der Waals surface area contributed by atoms with Crippen molar-refractivity contribution in [3.05, 3.63) is 0 Å². The lowest BCUT2D eigenvalue weighted by molar-refractivity contribution is -0.141. The molecule has 0 aromatic rings. The lowest BCUT2D eigenvalue weighted by atomic mass is 10.4. The lowest BCUT2D eigenvalue weighted by Gasteiger charge is -2.10. The van der Waals surface area contributed by atoms with Gasteiger partial charge in [-0.2, -0.15) is 0 Å². The zero-order chi connectivity index (χ0) is 13.0. The minimum atomic E-state index is -0.445. The molecule has 0 bridgehead atoms.